The van der Waals surface area contributed by atoms with E-state index < -0.39 is 0 Å². The molecule has 0 aliphatic heterocycles. The summed E-state index contributed by atoms with van der Waals surface area (Å²) in [6.07, 6.45) is 0. The van der Waals surface area contributed by atoms with E-state index in [2.05, 4.69) is 61.3 Å². The van der Waals surface area contributed by atoms with Gasteiger partial charge >= 0.3 is 5.97 Å². The molecule has 1 N–H and O–H groups in total. The van der Waals surface area contributed by atoms with Gasteiger partial charge in [-0.05, 0) is 71.6 Å². The van der Waals surface area contributed by atoms with Crippen molar-refractivity contribution in [1.82, 2.24) is 4.98 Å². The Hall–Kier alpha value is -3.33. The number of fused-ring (bicyclic) bond motifs is 1. The molecule has 3 heteroatoms. The highest BCUT2D eigenvalue weighted by molar-refractivity contribution is 5.91. The van der Waals surface area contributed by atoms with Crippen molar-refractivity contribution in [3.8, 4) is 22.5 Å². The van der Waals surface area contributed by atoms with Crippen LogP contribution < -0.4 is 0 Å². The molecule has 0 atom stereocenters. The summed E-state index contributed by atoms with van der Waals surface area (Å²) in [5.41, 5.74) is 7.40. The van der Waals surface area contributed by atoms with Crippen LogP contribution in [0.4, 0.5) is 0 Å². The zero-order valence-electron chi connectivity index (χ0n) is 15.7. The van der Waals surface area contributed by atoms with E-state index in [0.29, 0.717) is 5.56 Å². The zero-order valence-corrected chi connectivity index (χ0v) is 15.7. The van der Waals surface area contributed by atoms with E-state index in [9.17, 15) is 4.79 Å². The van der Waals surface area contributed by atoms with Gasteiger partial charge < -0.3 is 9.72 Å². The minimum Gasteiger partial charge on any atom is -0.465 e. The number of aromatic amines is 1. The first kappa shape index (κ1) is 17.1. The first-order valence-corrected chi connectivity index (χ1v) is 8.94. The molecule has 0 spiro atoms. The molecule has 3 aromatic carbocycles. The van der Waals surface area contributed by atoms with Crippen molar-refractivity contribution < 1.29 is 9.53 Å². The van der Waals surface area contributed by atoms with Gasteiger partial charge in [0.1, 0.15) is 0 Å². The Bertz CT molecular complexity index is 1140. The van der Waals surface area contributed by atoms with Crippen LogP contribution in [0.1, 0.15) is 21.5 Å². The molecule has 0 saturated heterocycles. The Labute approximate surface area is 158 Å². The molecular weight excluding hydrogens is 334 g/mol. The van der Waals surface area contributed by atoms with Gasteiger partial charge in [0.15, 0.2) is 0 Å². The van der Waals surface area contributed by atoms with Gasteiger partial charge in [-0.15, -0.1) is 0 Å². The second kappa shape index (κ2) is 6.76. The summed E-state index contributed by atoms with van der Waals surface area (Å²) < 4.78 is 4.75. The van der Waals surface area contributed by atoms with E-state index >= 15 is 0 Å². The van der Waals surface area contributed by atoms with E-state index in [1.165, 1.54) is 29.0 Å². The standard InChI is InChI=1S/C24H21NO2/c1-15-12-16(2)21-9-8-19(14-20(21)13-15)23-11-10-22(25-23)17-4-6-18(7-5-17)24(26)27-3/h4-14,25H,1-3H3. The molecular formula is C24H21NO2. The minimum absolute atomic E-state index is 0.324. The summed E-state index contributed by atoms with van der Waals surface area (Å²) in [4.78, 5) is 15.1. The number of methoxy groups -OCH3 is 1. The topological polar surface area (TPSA) is 42.1 Å². The summed E-state index contributed by atoms with van der Waals surface area (Å²) in [5.74, 6) is -0.324. The Kier molecular flexibility index (Phi) is 4.28. The fourth-order valence-corrected chi connectivity index (χ4v) is 3.55. The highest BCUT2D eigenvalue weighted by Gasteiger charge is 2.08. The number of carbonyl (C=O) groups is 1. The smallest absolute Gasteiger partial charge is 0.337 e. The third kappa shape index (κ3) is 3.24. The van der Waals surface area contributed by atoms with Crippen molar-refractivity contribution in [2.24, 2.45) is 0 Å². The van der Waals surface area contributed by atoms with E-state index in [1.807, 2.05) is 12.1 Å². The van der Waals surface area contributed by atoms with Crippen LogP contribution in [0.25, 0.3) is 33.3 Å². The number of hydrogen-bond acceptors (Lipinski definition) is 2. The monoisotopic (exact) mass is 355 g/mol. The fraction of sp³-hybridized carbons (Fsp3) is 0.125. The van der Waals surface area contributed by atoms with Crippen molar-refractivity contribution in [2.45, 2.75) is 13.8 Å². The Balaban J connectivity index is 1.68. The van der Waals surface area contributed by atoms with Crippen LogP contribution in [-0.4, -0.2) is 18.1 Å². The molecule has 0 aliphatic carbocycles. The average molecular weight is 355 g/mol. The van der Waals surface area contributed by atoms with Gasteiger partial charge in [0.25, 0.3) is 0 Å². The van der Waals surface area contributed by atoms with Crippen LogP contribution >= 0.6 is 0 Å². The van der Waals surface area contributed by atoms with Crippen LogP contribution in [0.5, 0.6) is 0 Å². The molecule has 0 radical (unpaired) electrons. The third-order valence-electron chi connectivity index (χ3n) is 4.92. The Morgan fingerprint density at radius 2 is 1.48 bits per heavy atom. The van der Waals surface area contributed by atoms with Crippen LogP contribution in [0.3, 0.4) is 0 Å². The number of rotatable bonds is 3. The number of H-pyrrole nitrogens is 1. The molecule has 0 fully saturated rings. The van der Waals surface area contributed by atoms with Gasteiger partial charge in [-0.1, -0.05) is 42.0 Å². The Morgan fingerprint density at radius 3 is 2.19 bits per heavy atom. The SMILES string of the molecule is COC(=O)c1ccc(-c2ccc(-c3ccc4c(C)cc(C)cc4c3)[nH]2)cc1. The number of aromatic nitrogens is 1. The maximum absolute atomic E-state index is 11.6. The fourth-order valence-electron chi connectivity index (χ4n) is 3.55. The van der Waals surface area contributed by atoms with Crippen molar-refractivity contribution in [3.05, 3.63) is 83.4 Å². The summed E-state index contributed by atoms with van der Waals surface area (Å²) in [6, 6.07) is 22.6. The summed E-state index contributed by atoms with van der Waals surface area (Å²) in [5, 5.41) is 2.54. The predicted molar refractivity (Wildman–Crippen MR) is 110 cm³/mol. The number of carbonyl (C=O) groups excluding carboxylic acids is 1. The van der Waals surface area contributed by atoms with E-state index in [0.717, 1.165) is 22.5 Å². The van der Waals surface area contributed by atoms with Crippen LogP contribution in [0, 0.1) is 13.8 Å². The molecule has 0 unspecified atom stereocenters. The largest absolute Gasteiger partial charge is 0.465 e. The molecule has 0 bridgehead atoms. The van der Waals surface area contributed by atoms with Gasteiger partial charge in [-0.2, -0.15) is 0 Å². The maximum atomic E-state index is 11.6. The number of benzene rings is 3. The molecule has 3 nitrogen and oxygen atoms in total. The molecule has 134 valence electrons. The first-order chi connectivity index (χ1) is 13.0. The molecule has 0 aliphatic rings. The highest BCUT2D eigenvalue weighted by Crippen LogP contribution is 2.29. The molecule has 27 heavy (non-hydrogen) atoms. The highest BCUT2D eigenvalue weighted by atomic mass is 16.5. The van der Waals surface area contributed by atoms with Gasteiger partial charge in [0, 0.05) is 11.4 Å². The number of esters is 1. The summed E-state index contributed by atoms with van der Waals surface area (Å²) >= 11 is 0. The second-order valence-electron chi connectivity index (χ2n) is 6.87. The van der Waals surface area contributed by atoms with Crippen molar-refractivity contribution >= 4 is 16.7 Å². The van der Waals surface area contributed by atoms with Gasteiger partial charge in [0.2, 0.25) is 0 Å². The van der Waals surface area contributed by atoms with Crippen LogP contribution in [0.15, 0.2) is 66.7 Å². The lowest BCUT2D eigenvalue weighted by Crippen LogP contribution is -2.00. The van der Waals surface area contributed by atoms with Gasteiger partial charge in [0.05, 0.1) is 12.7 Å². The first-order valence-electron chi connectivity index (χ1n) is 8.94. The Morgan fingerprint density at radius 1 is 0.815 bits per heavy atom. The van der Waals surface area contributed by atoms with Crippen molar-refractivity contribution in [3.63, 3.8) is 0 Å². The molecule has 4 aromatic rings. The van der Waals surface area contributed by atoms with Gasteiger partial charge in [-0.3, -0.25) is 0 Å². The number of aryl methyl sites for hydroxylation is 2. The lowest BCUT2D eigenvalue weighted by molar-refractivity contribution is 0.0601. The number of ether oxygens (including phenoxy) is 1. The predicted octanol–water partition coefficient (Wildman–Crippen LogP) is 5.91. The molecule has 1 aromatic heterocycles. The number of nitrogens with one attached hydrogen (secondary N) is 1. The molecule has 0 amide bonds. The van der Waals surface area contributed by atoms with E-state index in [1.54, 1.807) is 12.1 Å². The lowest BCUT2D eigenvalue weighted by atomic mass is 9.99. The van der Waals surface area contributed by atoms with E-state index in [-0.39, 0.29) is 5.97 Å². The van der Waals surface area contributed by atoms with E-state index in [4.69, 9.17) is 4.74 Å². The summed E-state index contributed by atoms with van der Waals surface area (Å²) in [7, 11) is 1.39. The molecule has 0 saturated carbocycles. The average Bonchev–Trinajstić information content (AvgIpc) is 3.17. The second-order valence-corrected chi connectivity index (χ2v) is 6.87. The third-order valence-corrected chi connectivity index (χ3v) is 4.92. The molecule has 1 heterocycles. The normalized spacial score (nSPS) is 10.9. The van der Waals surface area contributed by atoms with Gasteiger partial charge in [-0.25, -0.2) is 4.79 Å². The molecule has 4 rings (SSSR count). The lowest BCUT2D eigenvalue weighted by Gasteiger charge is -2.07. The quantitative estimate of drug-likeness (QED) is 0.465. The van der Waals surface area contributed by atoms with Crippen LogP contribution in [0.2, 0.25) is 0 Å². The summed E-state index contributed by atoms with van der Waals surface area (Å²) in [6.45, 7) is 4.28. The minimum atomic E-state index is -0.324. The van der Waals surface area contributed by atoms with Crippen molar-refractivity contribution in [2.75, 3.05) is 7.11 Å². The maximum Gasteiger partial charge on any atom is 0.337 e. The zero-order chi connectivity index (χ0) is 19.0. The number of hydrogen-bond donors (Lipinski definition) is 1. The van der Waals surface area contributed by atoms with Crippen molar-refractivity contribution in [1.29, 1.82) is 0 Å². The van der Waals surface area contributed by atoms with Crippen LogP contribution in [-0.2, 0) is 4.74 Å².